The first-order valence-electron chi connectivity index (χ1n) is 8.38. The molecule has 3 rings (SSSR count). The highest BCUT2D eigenvalue weighted by Crippen LogP contribution is 2.27. The number of ether oxygens (including phenoxy) is 3. The Balaban J connectivity index is 1.79. The number of carbonyl (C=O) groups is 2. The molecule has 0 radical (unpaired) electrons. The number of esters is 1. The fourth-order valence-electron chi connectivity index (χ4n) is 2.76. The van der Waals surface area contributed by atoms with Crippen LogP contribution in [0.5, 0.6) is 11.5 Å². The zero-order chi connectivity index (χ0) is 18.5. The van der Waals surface area contributed by atoms with Crippen LogP contribution >= 0.6 is 0 Å². The van der Waals surface area contributed by atoms with E-state index in [1.807, 2.05) is 30.3 Å². The van der Waals surface area contributed by atoms with Gasteiger partial charge in [0.2, 0.25) is 0 Å². The van der Waals surface area contributed by atoms with Crippen LogP contribution in [0.1, 0.15) is 22.3 Å². The van der Waals surface area contributed by atoms with Crippen LogP contribution in [0.4, 0.5) is 0 Å². The maximum Gasteiger partial charge on any atom is 0.338 e. The second kappa shape index (κ2) is 7.91. The van der Waals surface area contributed by atoms with Crippen molar-refractivity contribution in [2.24, 2.45) is 0 Å². The number of carbonyl (C=O) groups excluding carboxylic acids is 2. The molecule has 1 aliphatic rings. The van der Waals surface area contributed by atoms with E-state index in [9.17, 15) is 9.59 Å². The average Bonchev–Trinajstić information content (AvgIpc) is 2.98. The van der Waals surface area contributed by atoms with Crippen molar-refractivity contribution in [3.05, 3.63) is 59.7 Å². The number of likely N-dealkylation sites (N-methyl/N-ethyl adjacent to an activating group) is 1. The van der Waals surface area contributed by atoms with Gasteiger partial charge in [-0.2, -0.15) is 0 Å². The van der Waals surface area contributed by atoms with Gasteiger partial charge in [-0.15, -0.1) is 0 Å². The Morgan fingerprint density at radius 1 is 1.15 bits per heavy atom. The van der Waals surface area contributed by atoms with Gasteiger partial charge in [0, 0.05) is 26.1 Å². The number of methoxy groups -OCH3 is 1. The van der Waals surface area contributed by atoms with E-state index in [2.05, 4.69) is 0 Å². The van der Waals surface area contributed by atoms with E-state index in [1.165, 1.54) is 7.11 Å². The number of hydrogen-bond acceptors (Lipinski definition) is 5. The molecular weight excluding hydrogens is 334 g/mol. The van der Waals surface area contributed by atoms with Gasteiger partial charge in [-0.3, -0.25) is 4.79 Å². The summed E-state index contributed by atoms with van der Waals surface area (Å²) in [6, 6.07) is 14.5. The van der Waals surface area contributed by atoms with Gasteiger partial charge >= 0.3 is 5.97 Å². The van der Waals surface area contributed by atoms with Crippen molar-refractivity contribution in [3.8, 4) is 11.5 Å². The summed E-state index contributed by atoms with van der Waals surface area (Å²) in [5, 5.41) is 0. The molecule has 6 nitrogen and oxygen atoms in total. The minimum atomic E-state index is -0.546. The summed E-state index contributed by atoms with van der Waals surface area (Å²) in [5.74, 6) is 0.324. The Morgan fingerprint density at radius 2 is 1.88 bits per heavy atom. The molecule has 26 heavy (non-hydrogen) atoms. The van der Waals surface area contributed by atoms with Gasteiger partial charge in [0.05, 0.1) is 12.7 Å². The second-order valence-electron chi connectivity index (χ2n) is 6.11. The van der Waals surface area contributed by atoms with Gasteiger partial charge in [-0.05, 0) is 17.7 Å². The zero-order valence-electron chi connectivity index (χ0n) is 14.8. The minimum absolute atomic E-state index is 0.0692. The molecular formula is C20H21NO5. The van der Waals surface area contributed by atoms with E-state index in [0.29, 0.717) is 36.6 Å². The number of likely N-dealkylation sites (tertiary alicyclic amines) is 1. The van der Waals surface area contributed by atoms with Gasteiger partial charge in [0.25, 0.3) is 5.91 Å². The van der Waals surface area contributed by atoms with E-state index in [4.69, 9.17) is 14.2 Å². The topological polar surface area (TPSA) is 65.1 Å². The largest absolute Gasteiger partial charge is 0.489 e. The van der Waals surface area contributed by atoms with Crippen molar-refractivity contribution < 1.29 is 23.8 Å². The zero-order valence-corrected chi connectivity index (χ0v) is 14.8. The molecule has 1 saturated heterocycles. The van der Waals surface area contributed by atoms with Gasteiger partial charge in [0.1, 0.15) is 18.1 Å². The first-order valence-corrected chi connectivity index (χ1v) is 8.38. The molecule has 1 atom stereocenters. The van der Waals surface area contributed by atoms with Crippen LogP contribution in [0, 0.1) is 0 Å². The summed E-state index contributed by atoms with van der Waals surface area (Å²) in [4.78, 5) is 25.6. The Hall–Kier alpha value is -3.02. The van der Waals surface area contributed by atoms with Gasteiger partial charge in [-0.1, -0.05) is 30.3 Å². The number of nitrogens with zero attached hydrogens (tertiary/aromatic N) is 1. The Bertz CT molecular complexity index is 790. The van der Waals surface area contributed by atoms with E-state index in [0.717, 1.165) is 5.56 Å². The fraction of sp³-hybridized carbons (Fsp3) is 0.300. The number of benzene rings is 2. The maximum atomic E-state index is 12.1. The predicted molar refractivity (Wildman–Crippen MR) is 95.2 cm³/mol. The molecule has 1 aliphatic heterocycles. The van der Waals surface area contributed by atoms with Crippen LogP contribution in [0.25, 0.3) is 0 Å². The lowest BCUT2D eigenvalue weighted by Crippen LogP contribution is -2.29. The van der Waals surface area contributed by atoms with Crippen LogP contribution in [0.3, 0.4) is 0 Å². The number of amides is 1. The highest BCUT2D eigenvalue weighted by molar-refractivity contribution is 5.90. The van der Waals surface area contributed by atoms with Gasteiger partial charge in [0.15, 0.2) is 6.10 Å². The normalized spacial score (nSPS) is 16.5. The fourth-order valence-corrected chi connectivity index (χ4v) is 2.76. The summed E-state index contributed by atoms with van der Waals surface area (Å²) >= 11 is 0. The average molecular weight is 355 g/mol. The van der Waals surface area contributed by atoms with Gasteiger partial charge < -0.3 is 19.1 Å². The van der Waals surface area contributed by atoms with Crippen molar-refractivity contribution >= 4 is 11.9 Å². The highest BCUT2D eigenvalue weighted by atomic mass is 16.5. The molecule has 0 aromatic heterocycles. The van der Waals surface area contributed by atoms with Crippen molar-refractivity contribution in [2.75, 3.05) is 20.7 Å². The Morgan fingerprint density at radius 3 is 2.54 bits per heavy atom. The third-order valence-electron chi connectivity index (χ3n) is 4.21. The molecule has 1 fully saturated rings. The van der Waals surface area contributed by atoms with Crippen LogP contribution in [-0.4, -0.2) is 43.6 Å². The summed E-state index contributed by atoms with van der Waals surface area (Å²) < 4.78 is 16.4. The molecule has 136 valence electrons. The standard InChI is InChI=1S/C20H21NO5/c1-21-9-8-18(19(21)22)26-17-11-15(20(23)24-2)10-16(12-17)25-13-14-6-4-3-5-7-14/h3-7,10-12,18H,8-9,13H2,1-2H3. The molecule has 0 spiro atoms. The summed E-state index contributed by atoms with van der Waals surface area (Å²) in [5.41, 5.74) is 1.32. The smallest absolute Gasteiger partial charge is 0.338 e. The van der Waals surface area contributed by atoms with Crippen LogP contribution in [0.2, 0.25) is 0 Å². The van der Waals surface area contributed by atoms with Crippen molar-refractivity contribution in [2.45, 2.75) is 19.1 Å². The lowest BCUT2D eigenvalue weighted by atomic mass is 10.2. The maximum absolute atomic E-state index is 12.1. The Kier molecular flexibility index (Phi) is 5.41. The highest BCUT2D eigenvalue weighted by Gasteiger charge is 2.31. The third kappa shape index (κ3) is 4.14. The molecule has 0 saturated carbocycles. The third-order valence-corrected chi connectivity index (χ3v) is 4.21. The molecule has 1 amide bonds. The molecule has 2 aromatic rings. The van der Waals surface area contributed by atoms with Crippen molar-refractivity contribution in [1.82, 2.24) is 4.90 Å². The summed E-state index contributed by atoms with van der Waals surface area (Å²) in [7, 11) is 3.06. The first kappa shape index (κ1) is 17.8. The van der Waals surface area contributed by atoms with Crippen molar-refractivity contribution in [1.29, 1.82) is 0 Å². The lowest BCUT2D eigenvalue weighted by molar-refractivity contribution is -0.132. The molecule has 0 N–H and O–H groups in total. The van der Waals surface area contributed by atoms with Crippen molar-refractivity contribution in [3.63, 3.8) is 0 Å². The first-order chi connectivity index (χ1) is 12.6. The quantitative estimate of drug-likeness (QED) is 0.746. The van der Waals surface area contributed by atoms with E-state index in [1.54, 1.807) is 30.1 Å². The lowest BCUT2D eigenvalue weighted by Gasteiger charge is -2.15. The molecule has 0 aliphatic carbocycles. The van der Waals surface area contributed by atoms with Crippen LogP contribution < -0.4 is 9.47 Å². The van der Waals surface area contributed by atoms with Gasteiger partial charge in [-0.25, -0.2) is 4.79 Å². The molecule has 2 aromatic carbocycles. The number of rotatable bonds is 6. The molecule has 1 unspecified atom stereocenters. The second-order valence-corrected chi connectivity index (χ2v) is 6.11. The molecule has 1 heterocycles. The van der Waals surface area contributed by atoms with Crippen LogP contribution in [0.15, 0.2) is 48.5 Å². The molecule has 0 bridgehead atoms. The number of hydrogen-bond donors (Lipinski definition) is 0. The van der Waals surface area contributed by atoms with E-state index >= 15 is 0 Å². The molecule has 6 heteroatoms. The monoisotopic (exact) mass is 355 g/mol. The Labute approximate surface area is 152 Å². The summed E-state index contributed by atoms with van der Waals surface area (Å²) in [6.07, 6.45) is 0.0627. The SMILES string of the molecule is COC(=O)c1cc(OCc2ccccc2)cc(OC2CCN(C)C2=O)c1. The summed E-state index contributed by atoms with van der Waals surface area (Å²) in [6.45, 7) is 1.01. The van der Waals surface area contributed by atoms with Crippen LogP contribution in [-0.2, 0) is 16.1 Å². The predicted octanol–water partition coefficient (Wildman–Crippen LogP) is 2.66. The van der Waals surface area contributed by atoms with E-state index in [-0.39, 0.29) is 5.91 Å². The minimum Gasteiger partial charge on any atom is -0.489 e. The van der Waals surface area contributed by atoms with E-state index < -0.39 is 12.1 Å².